The molecule has 0 aliphatic carbocycles. The molecule has 0 saturated carbocycles. The van der Waals surface area contributed by atoms with Gasteiger partial charge < -0.3 is 14.4 Å². The monoisotopic (exact) mass is 358 g/mol. The highest BCUT2D eigenvalue weighted by atomic mass is 16.1. The smallest absolute Gasteiger partial charge is 0.129 e. The minimum absolute atomic E-state index is 0. The molecule has 0 N–H and O–H groups in total. The van der Waals surface area contributed by atoms with Crippen molar-refractivity contribution in [3.8, 4) is 0 Å². The predicted octanol–water partition coefficient (Wildman–Crippen LogP) is 6.67. The number of ketones is 3. The maximum atomic E-state index is 10.3. The van der Waals surface area contributed by atoms with E-state index in [0.717, 1.165) is 38.5 Å². The molecule has 0 atom stereocenters. The highest BCUT2D eigenvalue weighted by Crippen LogP contribution is 2.03. The Morgan fingerprint density at radius 1 is 0.520 bits per heavy atom. The second-order valence-corrected chi connectivity index (χ2v) is 7.90. The molecule has 0 amide bonds. The maximum Gasteiger partial charge on any atom is 0.129 e. The molecule has 0 aromatic heterocycles. The lowest BCUT2D eigenvalue weighted by Crippen LogP contribution is -1.93. The Hall–Kier alpha value is -0.990. The summed E-state index contributed by atoms with van der Waals surface area (Å²) in [4.78, 5) is 31.0. The number of carbonyl (C=O) groups is 3. The molecule has 0 saturated heterocycles. The molecule has 0 aliphatic rings. The summed E-state index contributed by atoms with van der Waals surface area (Å²) >= 11 is 0. The molecule has 0 bridgehead atoms. The van der Waals surface area contributed by atoms with Gasteiger partial charge in [0.15, 0.2) is 0 Å². The molecule has 152 valence electrons. The van der Waals surface area contributed by atoms with E-state index >= 15 is 0 Å². The van der Waals surface area contributed by atoms with Crippen LogP contribution in [0.5, 0.6) is 0 Å². The molecule has 0 spiro atoms. The number of carbonyl (C=O) groups excluding carboxylic acids is 3. The van der Waals surface area contributed by atoms with E-state index in [1.807, 2.05) is 0 Å². The van der Waals surface area contributed by atoms with Crippen molar-refractivity contribution < 1.29 is 14.4 Å². The number of Topliss-reactive ketones (excluding diaryl/α,β-unsaturated/α-hetero) is 3. The van der Waals surface area contributed by atoms with Crippen molar-refractivity contribution in [2.24, 2.45) is 17.8 Å². The second kappa shape index (κ2) is 21.1. The molecule has 0 aromatic rings. The zero-order valence-electron chi connectivity index (χ0n) is 17.7. The van der Waals surface area contributed by atoms with Gasteiger partial charge in [0, 0.05) is 19.3 Å². The lowest BCUT2D eigenvalue weighted by Gasteiger charge is -1.98. The minimum atomic E-state index is 0. The Morgan fingerprint density at radius 3 is 0.720 bits per heavy atom. The van der Waals surface area contributed by atoms with E-state index in [-0.39, 0.29) is 7.43 Å². The summed E-state index contributed by atoms with van der Waals surface area (Å²) < 4.78 is 0. The topological polar surface area (TPSA) is 51.2 Å². The van der Waals surface area contributed by atoms with E-state index in [2.05, 4.69) is 41.5 Å². The van der Waals surface area contributed by atoms with Crippen molar-refractivity contribution in [2.75, 3.05) is 0 Å². The van der Waals surface area contributed by atoms with Crippen LogP contribution in [0.4, 0.5) is 0 Å². The first kappa shape index (κ1) is 31.7. The average molecular weight is 359 g/mol. The molecular weight excluding hydrogens is 312 g/mol. The molecular formula is C22H46O3. The first-order valence-electron chi connectivity index (χ1n) is 9.36. The van der Waals surface area contributed by atoms with Crippen LogP contribution in [0.25, 0.3) is 0 Å². The Labute approximate surface area is 158 Å². The van der Waals surface area contributed by atoms with E-state index < -0.39 is 0 Å². The summed E-state index contributed by atoms with van der Waals surface area (Å²) in [6.07, 6.45) is 5.35. The van der Waals surface area contributed by atoms with Crippen LogP contribution in [-0.2, 0) is 14.4 Å². The molecule has 0 radical (unpaired) electrons. The highest BCUT2D eigenvalue weighted by Gasteiger charge is 1.96. The van der Waals surface area contributed by atoms with Crippen LogP contribution in [0.1, 0.15) is 108 Å². The fraction of sp³-hybridized carbons (Fsp3) is 0.864. The molecule has 0 heterocycles. The van der Waals surface area contributed by atoms with Gasteiger partial charge in [-0.05, 0) is 57.8 Å². The molecule has 0 aliphatic heterocycles. The molecule has 3 heteroatoms. The van der Waals surface area contributed by atoms with Crippen molar-refractivity contribution in [3.05, 3.63) is 0 Å². The Balaban J connectivity index is -0.000000130. The molecule has 0 fully saturated rings. The molecule has 3 nitrogen and oxygen atoms in total. The summed E-state index contributed by atoms with van der Waals surface area (Å²) in [5, 5.41) is 0. The van der Waals surface area contributed by atoms with Gasteiger partial charge in [-0.15, -0.1) is 0 Å². The van der Waals surface area contributed by atoms with Crippen LogP contribution in [0, 0.1) is 17.8 Å². The van der Waals surface area contributed by atoms with Crippen molar-refractivity contribution in [3.63, 3.8) is 0 Å². The number of hydrogen-bond acceptors (Lipinski definition) is 3. The van der Waals surface area contributed by atoms with Crippen LogP contribution < -0.4 is 0 Å². The molecule has 0 rings (SSSR count). The first-order valence-corrected chi connectivity index (χ1v) is 9.36. The van der Waals surface area contributed by atoms with Gasteiger partial charge in [-0.25, -0.2) is 0 Å². The number of hydrogen-bond donors (Lipinski definition) is 0. The zero-order chi connectivity index (χ0) is 19.7. The van der Waals surface area contributed by atoms with Crippen molar-refractivity contribution in [2.45, 2.75) is 108 Å². The van der Waals surface area contributed by atoms with E-state index in [1.54, 1.807) is 20.8 Å². The third kappa shape index (κ3) is 51.7. The minimum Gasteiger partial charge on any atom is -0.300 e. The quantitative estimate of drug-likeness (QED) is 0.462. The SMILES string of the molecule is C.CC(=O)CCC(C)C.CC(=O)CCC(C)C.CC(=O)CCC(C)C. The first-order chi connectivity index (χ1) is 10.9. The van der Waals surface area contributed by atoms with Crippen LogP contribution >= 0.6 is 0 Å². The van der Waals surface area contributed by atoms with Gasteiger partial charge in [-0.1, -0.05) is 49.0 Å². The van der Waals surface area contributed by atoms with E-state index in [0.29, 0.717) is 35.1 Å². The lowest BCUT2D eigenvalue weighted by molar-refractivity contribution is -0.118. The van der Waals surface area contributed by atoms with Gasteiger partial charge in [0.2, 0.25) is 0 Å². The molecule has 25 heavy (non-hydrogen) atoms. The average Bonchev–Trinajstić information content (AvgIpc) is 2.42. The molecule has 0 aromatic carbocycles. The van der Waals surface area contributed by atoms with E-state index in [1.165, 1.54) is 0 Å². The largest absolute Gasteiger partial charge is 0.300 e. The standard InChI is InChI=1S/3C7H14O.CH4/c3*1-6(2)4-5-7(3)8;/h3*6H,4-5H2,1-3H3;1H4. The van der Waals surface area contributed by atoms with Gasteiger partial charge in [0.25, 0.3) is 0 Å². The van der Waals surface area contributed by atoms with E-state index in [4.69, 9.17) is 0 Å². The van der Waals surface area contributed by atoms with Gasteiger partial charge in [-0.3, -0.25) is 0 Å². The van der Waals surface area contributed by atoms with E-state index in [9.17, 15) is 14.4 Å². The van der Waals surface area contributed by atoms with Crippen molar-refractivity contribution in [1.29, 1.82) is 0 Å². The Kier molecular flexibility index (Phi) is 26.7. The zero-order valence-corrected chi connectivity index (χ0v) is 17.7. The van der Waals surface area contributed by atoms with Crippen LogP contribution in [-0.4, -0.2) is 17.3 Å². The third-order valence-corrected chi connectivity index (χ3v) is 3.22. The molecule has 0 unspecified atom stereocenters. The van der Waals surface area contributed by atoms with Crippen LogP contribution in [0.15, 0.2) is 0 Å². The normalized spacial score (nSPS) is 9.60. The number of rotatable bonds is 9. The predicted molar refractivity (Wildman–Crippen MR) is 111 cm³/mol. The summed E-state index contributed by atoms with van der Waals surface area (Å²) in [6.45, 7) is 17.7. The maximum absolute atomic E-state index is 10.3. The van der Waals surface area contributed by atoms with Gasteiger partial charge in [0.05, 0.1) is 0 Å². The van der Waals surface area contributed by atoms with Gasteiger partial charge >= 0.3 is 0 Å². The third-order valence-electron chi connectivity index (χ3n) is 3.22. The summed E-state index contributed by atoms with van der Waals surface area (Å²) in [5.74, 6) is 2.91. The van der Waals surface area contributed by atoms with Gasteiger partial charge in [0.1, 0.15) is 17.3 Å². The summed E-state index contributed by atoms with van der Waals surface area (Å²) in [5.41, 5.74) is 0. The second-order valence-electron chi connectivity index (χ2n) is 7.90. The highest BCUT2D eigenvalue weighted by molar-refractivity contribution is 5.75. The van der Waals surface area contributed by atoms with Gasteiger partial charge in [-0.2, -0.15) is 0 Å². The fourth-order valence-corrected chi connectivity index (χ4v) is 1.48. The summed E-state index contributed by atoms with van der Waals surface area (Å²) in [6, 6.07) is 0. The Morgan fingerprint density at radius 2 is 0.680 bits per heavy atom. The van der Waals surface area contributed by atoms with Crippen molar-refractivity contribution >= 4 is 17.3 Å². The van der Waals surface area contributed by atoms with Crippen LogP contribution in [0.3, 0.4) is 0 Å². The lowest BCUT2D eigenvalue weighted by atomic mass is 10.1. The summed E-state index contributed by atoms with van der Waals surface area (Å²) in [7, 11) is 0. The fourth-order valence-electron chi connectivity index (χ4n) is 1.48. The Bertz CT molecular complexity index is 276. The van der Waals surface area contributed by atoms with Crippen molar-refractivity contribution in [1.82, 2.24) is 0 Å². The van der Waals surface area contributed by atoms with Crippen LogP contribution in [0.2, 0.25) is 0 Å².